The molecular formula is C10H19NO4. The molecule has 0 aromatic carbocycles. The molecule has 1 rings (SSSR count). The van der Waals surface area contributed by atoms with E-state index in [0.29, 0.717) is 19.8 Å². The molecular weight excluding hydrogens is 198 g/mol. The van der Waals surface area contributed by atoms with Crippen LogP contribution in [0.25, 0.3) is 0 Å². The van der Waals surface area contributed by atoms with E-state index in [0.717, 1.165) is 0 Å². The molecule has 1 saturated heterocycles. The molecule has 1 fully saturated rings. The van der Waals surface area contributed by atoms with E-state index in [-0.39, 0.29) is 24.5 Å². The van der Waals surface area contributed by atoms with Crippen LogP contribution < -0.4 is 5.32 Å². The van der Waals surface area contributed by atoms with Crippen molar-refractivity contribution >= 4 is 5.91 Å². The van der Waals surface area contributed by atoms with Crippen molar-refractivity contribution in [3.8, 4) is 0 Å². The lowest BCUT2D eigenvalue weighted by Crippen LogP contribution is -2.49. The number of amides is 1. The van der Waals surface area contributed by atoms with Crippen molar-refractivity contribution in [2.24, 2.45) is 5.92 Å². The molecule has 0 radical (unpaired) electrons. The van der Waals surface area contributed by atoms with Crippen LogP contribution in [0.15, 0.2) is 0 Å². The molecule has 5 heteroatoms. The van der Waals surface area contributed by atoms with Crippen molar-refractivity contribution in [1.82, 2.24) is 5.32 Å². The van der Waals surface area contributed by atoms with Crippen LogP contribution in [0.4, 0.5) is 0 Å². The van der Waals surface area contributed by atoms with Crippen LogP contribution in [0.5, 0.6) is 0 Å². The van der Waals surface area contributed by atoms with E-state index in [9.17, 15) is 4.79 Å². The Morgan fingerprint density at radius 2 is 2.27 bits per heavy atom. The molecule has 5 nitrogen and oxygen atoms in total. The lowest BCUT2D eigenvalue weighted by Gasteiger charge is -2.26. The highest BCUT2D eigenvalue weighted by molar-refractivity contribution is 5.81. The van der Waals surface area contributed by atoms with Gasteiger partial charge in [-0.05, 0) is 5.92 Å². The number of carbonyl (C=O) groups excluding carboxylic acids is 1. The first kappa shape index (κ1) is 12.4. The number of aliphatic hydroxyl groups is 1. The van der Waals surface area contributed by atoms with Crippen molar-refractivity contribution in [2.45, 2.75) is 26.0 Å². The molecule has 0 aromatic heterocycles. The summed E-state index contributed by atoms with van der Waals surface area (Å²) in [5.41, 5.74) is 0. The molecule has 15 heavy (non-hydrogen) atoms. The number of hydrogen-bond donors (Lipinski definition) is 2. The van der Waals surface area contributed by atoms with Crippen LogP contribution in [0.1, 0.15) is 13.8 Å². The Labute approximate surface area is 89.8 Å². The van der Waals surface area contributed by atoms with E-state index in [1.807, 2.05) is 13.8 Å². The fraction of sp³-hybridized carbons (Fsp3) is 0.900. The Balaban J connectivity index is 2.38. The first-order valence-electron chi connectivity index (χ1n) is 5.25. The number of rotatable bonds is 4. The van der Waals surface area contributed by atoms with Crippen LogP contribution >= 0.6 is 0 Å². The molecule has 88 valence electrons. The smallest absolute Gasteiger partial charge is 0.251 e. The minimum Gasteiger partial charge on any atom is -0.394 e. The Morgan fingerprint density at radius 1 is 1.53 bits per heavy atom. The van der Waals surface area contributed by atoms with Crippen LogP contribution in [0, 0.1) is 5.92 Å². The van der Waals surface area contributed by atoms with Gasteiger partial charge in [0.25, 0.3) is 5.91 Å². The molecule has 0 bridgehead atoms. The maximum Gasteiger partial charge on any atom is 0.251 e. The number of hydrogen-bond acceptors (Lipinski definition) is 4. The monoisotopic (exact) mass is 217 g/mol. The van der Waals surface area contributed by atoms with Gasteiger partial charge in [0.2, 0.25) is 0 Å². The van der Waals surface area contributed by atoms with E-state index in [4.69, 9.17) is 14.6 Å². The Kier molecular flexibility index (Phi) is 5.01. The van der Waals surface area contributed by atoms with Crippen LogP contribution in [0.3, 0.4) is 0 Å². The topological polar surface area (TPSA) is 67.8 Å². The van der Waals surface area contributed by atoms with E-state index in [2.05, 4.69) is 5.32 Å². The largest absolute Gasteiger partial charge is 0.394 e. The fourth-order valence-electron chi connectivity index (χ4n) is 1.34. The van der Waals surface area contributed by atoms with Crippen molar-refractivity contribution in [1.29, 1.82) is 0 Å². The van der Waals surface area contributed by atoms with Gasteiger partial charge in [0.1, 0.15) is 0 Å². The van der Waals surface area contributed by atoms with Crippen molar-refractivity contribution in [3.05, 3.63) is 0 Å². The van der Waals surface area contributed by atoms with E-state index < -0.39 is 6.10 Å². The summed E-state index contributed by atoms with van der Waals surface area (Å²) in [5, 5.41) is 11.8. The average molecular weight is 217 g/mol. The van der Waals surface area contributed by atoms with Gasteiger partial charge in [0.15, 0.2) is 6.10 Å². The van der Waals surface area contributed by atoms with Gasteiger partial charge in [-0.3, -0.25) is 4.79 Å². The lowest BCUT2D eigenvalue weighted by atomic mass is 10.1. The predicted molar refractivity (Wildman–Crippen MR) is 54.4 cm³/mol. The minimum atomic E-state index is -0.536. The maximum absolute atomic E-state index is 11.6. The van der Waals surface area contributed by atoms with Gasteiger partial charge in [-0.25, -0.2) is 0 Å². The molecule has 0 aliphatic carbocycles. The highest BCUT2D eigenvalue weighted by Gasteiger charge is 2.25. The normalized spacial score (nSPS) is 23.9. The third kappa shape index (κ3) is 3.77. The third-order valence-electron chi connectivity index (χ3n) is 2.44. The van der Waals surface area contributed by atoms with Crippen molar-refractivity contribution in [3.63, 3.8) is 0 Å². The van der Waals surface area contributed by atoms with Gasteiger partial charge in [0.05, 0.1) is 32.5 Å². The zero-order chi connectivity index (χ0) is 11.3. The SMILES string of the molecule is CC(C)C(CO)NC(=O)C1COCCO1. The molecule has 1 aliphatic rings. The van der Waals surface area contributed by atoms with Crippen LogP contribution in [-0.2, 0) is 14.3 Å². The second-order valence-electron chi connectivity index (χ2n) is 3.98. The minimum absolute atomic E-state index is 0.0585. The first-order chi connectivity index (χ1) is 7.15. The van der Waals surface area contributed by atoms with Gasteiger partial charge < -0.3 is 19.9 Å². The number of nitrogens with one attached hydrogen (secondary N) is 1. The van der Waals surface area contributed by atoms with E-state index in [1.54, 1.807) is 0 Å². The molecule has 2 N–H and O–H groups in total. The first-order valence-corrected chi connectivity index (χ1v) is 5.25. The molecule has 1 heterocycles. The van der Waals surface area contributed by atoms with Crippen LogP contribution in [0.2, 0.25) is 0 Å². The summed E-state index contributed by atoms with van der Waals surface area (Å²) in [6.07, 6.45) is -0.536. The summed E-state index contributed by atoms with van der Waals surface area (Å²) >= 11 is 0. The van der Waals surface area contributed by atoms with Crippen molar-refractivity contribution in [2.75, 3.05) is 26.4 Å². The zero-order valence-electron chi connectivity index (χ0n) is 9.23. The Hall–Kier alpha value is -0.650. The summed E-state index contributed by atoms with van der Waals surface area (Å²) in [6.45, 7) is 5.11. The second-order valence-corrected chi connectivity index (χ2v) is 3.98. The zero-order valence-corrected chi connectivity index (χ0v) is 9.23. The summed E-state index contributed by atoms with van der Waals surface area (Å²) in [5.74, 6) is -0.00842. The Morgan fingerprint density at radius 3 is 2.73 bits per heavy atom. The van der Waals surface area contributed by atoms with Gasteiger partial charge >= 0.3 is 0 Å². The maximum atomic E-state index is 11.6. The van der Waals surface area contributed by atoms with Gasteiger partial charge in [-0.2, -0.15) is 0 Å². The second kappa shape index (κ2) is 6.05. The van der Waals surface area contributed by atoms with E-state index in [1.165, 1.54) is 0 Å². The van der Waals surface area contributed by atoms with E-state index >= 15 is 0 Å². The molecule has 2 atom stereocenters. The fourth-order valence-corrected chi connectivity index (χ4v) is 1.34. The molecule has 0 spiro atoms. The lowest BCUT2D eigenvalue weighted by molar-refractivity contribution is -0.148. The molecule has 0 aromatic rings. The van der Waals surface area contributed by atoms with Gasteiger partial charge in [-0.1, -0.05) is 13.8 Å². The summed E-state index contributed by atoms with van der Waals surface area (Å²) in [4.78, 5) is 11.6. The highest BCUT2D eigenvalue weighted by Crippen LogP contribution is 2.04. The van der Waals surface area contributed by atoms with Gasteiger partial charge in [0, 0.05) is 0 Å². The summed E-state index contributed by atoms with van der Waals surface area (Å²) < 4.78 is 10.4. The standard InChI is InChI=1S/C10H19NO4/c1-7(2)8(5-12)11-10(13)9-6-14-3-4-15-9/h7-9,12H,3-6H2,1-2H3,(H,11,13). The van der Waals surface area contributed by atoms with Crippen LogP contribution in [-0.4, -0.2) is 49.6 Å². The van der Waals surface area contributed by atoms with Gasteiger partial charge in [-0.15, -0.1) is 0 Å². The number of carbonyl (C=O) groups is 1. The summed E-state index contributed by atoms with van der Waals surface area (Å²) in [6, 6.07) is -0.219. The average Bonchev–Trinajstić information content (AvgIpc) is 2.26. The highest BCUT2D eigenvalue weighted by atomic mass is 16.6. The quantitative estimate of drug-likeness (QED) is 0.668. The molecule has 1 amide bonds. The Bertz CT molecular complexity index is 202. The number of ether oxygens (including phenoxy) is 2. The van der Waals surface area contributed by atoms with Crippen molar-refractivity contribution < 1.29 is 19.4 Å². The summed E-state index contributed by atoms with van der Waals surface area (Å²) in [7, 11) is 0. The molecule has 0 saturated carbocycles. The predicted octanol–water partition coefficient (Wildman–Crippen LogP) is -0.465. The third-order valence-corrected chi connectivity index (χ3v) is 2.44. The number of aliphatic hydroxyl groups excluding tert-OH is 1. The molecule has 1 aliphatic heterocycles. The molecule has 2 unspecified atom stereocenters.